The van der Waals surface area contributed by atoms with Crippen LogP contribution in [0.25, 0.3) is 11.0 Å². The molecule has 0 radical (unpaired) electrons. The molecule has 0 saturated carbocycles. The van der Waals surface area contributed by atoms with Gasteiger partial charge in [-0.15, -0.1) is 0 Å². The quantitative estimate of drug-likeness (QED) is 0.605. The van der Waals surface area contributed by atoms with E-state index in [0.29, 0.717) is 0 Å². The topological polar surface area (TPSA) is 55.2 Å². The fourth-order valence-corrected chi connectivity index (χ4v) is 4.02. The number of aryl methyl sites for hydroxylation is 2. The van der Waals surface area contributed by atoms with E-state index in [1.807, 2.05) is 30.5 Å². The molecule has 154 valence electrons. The van der Waals surface area contributed by atoms with Gasteiger partial charge < -0.3 is 19.5 Å². The van der Waals surface area contributed by atoms with E-state index in [1.54, 1.807) is 7.11 Å². The number of rotatable bonds is 8. The van der Waals surface area contributed by atoms with Crippen LogP contribution in [-0.4, -0.2) is 46.2 Å². The fraction of sp³-hybridized carbons (Fsp3) is 0.478. The largest absolute Gasteiger partial charge is 0.497 e. The monoisotopic (exact) mass is 393 g/mol. The number of hydrogen-bond acceptors (Lipinski definition) is 5. The van der Waals surface area contributed by atoms with Crippen LogP contribution in [0.2, 0.25) is 0 Å². The number of likely N-dealkylation sites (tertiary alicyclic amines) is 1. The van der Waals surface area contributed by atoms with E-state index < -0.39 is 0 Å². The van der Waals surface area contributed by atoms with Crippen molar-refractivity contribution in [1.29, 1.82) is 0 Å². The summed E-state index contributed by atoms with van der Waals surface area (Å²) < 4.78 is 7.58. The average molecular weight is 394 g/mol. The van der Waals surface area contributed by atoms with Gasteiger partial charge in [0.05, 0.1) is 18.8 Å². The molecule has 4 rings (SSSR count). The molecular weight excluding hydrogens is 362 g/mol. The predicted octanol–water partition coefficient (Wildman–Crippen LogP) is 4.62. The van der Waals surface area contributed by atoms with Gasteiger partial charge in [0.1, 0.15) is 11.3 Å². The average Bonchev–Trinajstić information content (AvgIpc) is 3.11. The first-order valence-electron chi connectivity index (χ1n) is 10.8. The Bertz CT molecular complexity index is 928. The molecule has 1 N–H and O–H groups in total. The van der Waals surface area contributed by atoms with Gasteiger partial charge in [0.2, 0.25) is 5.95 Å². The van der Waals surface area contributed by atoms with Gasteiger partial charge in [-0.1, -0.05) is 13.3 Å². The number of benzene rings is 1. The molecule has 2 aromatic heterocycles. The Hall–Kier alpha value is -2.60. The minimum Gasteiger partial charge on any atom is -0.497 e. The van der Waals surface area contributed by atoms with E-state index >= 15 is 0 Å². The van der Waals surface area contributed by atoms with Gasteiger partial charge in [0, 0.05) is 17.9 Å². The summed E-state index contributed by atoms with van der Waals surface area (Å²) in [6, 6.07) is 10.1. The van der Waals surface area contributed by atoms with Crippen molar-refractivity contribution in [3.63, 3.8) is 0 Å². The van der Waals surface area contributed by atoms with E-state index in [2.05, 4.69) is 32.8 Å². The van der Waals surface area contributed by atoms with Crippen LogP contribution in [0.1, 0.15) is 38.3 Å². The molecule has 6 nitrogen and oxygen atoms in total. The van der Waals surface area contributed by atoms with E-state index in [-0.39, 0.29) is 0 Å². The molecule has 29 heavy (non-hydrogen) atoms. The lowest BCUT2D eigenvalue weighted by atomic mass is 10.1. The summed E-state index contributed by atoms with van der Waals surface area (Å²) in [5.41, 5.74) is 4.20. The molecule has 0 amide bonds. The zero-order valence-corrected chi connectivity index (χ0v) is 17.5. The summed E-state index contributed by atoms with van der Waals surface area (Å²) in [6.07, 6.45) is 8.00. The fourth-order valence-electron chi connectivity index (χ4n) is 4.02. The first-order chi connectivity index (χ1) is 14.3. The Morgan fingerprint density at radius 2 is 1.86 bits per heavy atom. The van der Waals surface area contributed by atoms with Crippen LogP contribution in [0.5, 0.6) is 5.75 Å². The highest BCUT2D eigenvalue weighted by Gasteiger charge is 2.14. The molecule has 1 aromatic carbocycles. The molecule has 0 unspecified atom stereocenters. The standard InChI is InChI=1S/C23H31N5O/c1-3-18-16-22-21(17-24-18)26-23(25-19-8-10-20(29-2)11-9-19)28(22)15-7-14-27-12-5-4-6-13-27/h8-11,16-17H,3-7,12-15H2,1-2H3,(H,25,26). The van der Waals surface area contributed by atoms with Crippen molar-refractivity contribution in [2.75, 3.05) is 32.1 Å². The molecule has 1 saturated heterocycles. The van der Waals surface area contributed by atoms with Crippen molar-refractivity contribution < 1.29 is 4.74 Å². The van der Waals surface area contributed by atoms with Crippen molar-refractivity contribution in [1.82, 2.24) is 19.4 Å². The first kappa shape index (κ1) is 19.7. The summed E-state index contributed by atoms with van der Waals surface area (Å²) in [6.45, 7) is 6.71. The molecule has 1 aliphatic heterocycles. The summed E-state index contributed by atoms with van der Waals surface area (Å²) in [5.74, 6) is 1.72. The SMILES string of the molecule is CCc1cc2c(cn1)nc(Nc1ccc(OC)cc1)n2CCCN1CCCCC1. The van der Waals surface area contributed by atoms with Crippen LogP contribution in [0.3, 0.4) is 0 Å². The van der Waals surface area contributed by atoms with E-state index in [9.17, 15) is 0 Å². The van der Waals surface area contributed by atoms with Gasteiger partial charge in [0.25, 0.3) is 0 Å². The van der Waals surface area contributed by atoms with Gasteiger partial charge in [-0.25, -0.2) is 4.98 Å². The van der Waals surface area contributed by atoms with Crippen molar-refractivity contribution in [2.24, 2.45) is 0 Å². The number of pyridine rings is 1. The van der Waals surface area contributed by atoms with Crippen molar-refractivity contribution in [2.45, 2.75) is 45.6 Å². The molecule has 3 heterocycles. The molecule has 6 heteroatoms. The highest BCUT2D eigenvalue weighted by atomic mass is 16.5. The minimum absolute atomic E-state index is 0.849. The lowest BCUT2D eigenvalue weighted by Crippen LogP contribution is -2.31. The van der Waals surface area contributed by atoms with E-state index in [4.69, 9.17) is 9.72 Å². The van der Waals surface area contributed by atoms with Crippen molar-refractivity contribution >= 4 is 22.7 Å². The van der Waals surface area contributed by atoms with Gasteiger partial charge in [-0.05, 0) is 75.6 Å². The van der Waals surface area contributed by atoms with E-state index in [1.165, 1.54) is 32.4 Å². The summed E-state index contributed by atoms with van der Waals surface area (Å²) >= 11 is 0. The second-order valence-corrected chi connectivity index (χ2v) is 7.71. The number of imidazole rings is 1. The summed E-state index contributed by atoms with van der Waals surface area (Å²) in [7, 11) is 1.68. The maximum Gasteiger partial charge on any atom is 0.208 e. The molecule has 1 fully saturated rings. The van der Waals surface area contributed by atoms with Gasteiger partial charge >= 0.3 is 0 Å². The Labute approximate surface area is 172 Å². The maximum absolute atomic E-state index is 5.27. The number of hydrogen-bond donors (Lipinski definition) is 1. The van der Waals surface area contributed by atoms with Crippen LogP contribution < -0.4 is 10.1 Å². The molecule has 1 aliphatic rings. The van der Waals surface area contributed by atoms with Gasteiger partial charge in [0.15, 0.2) is 0 Å². The predicted molar refractivity (Wildman–Crippen MR) is 118 cm³/mol. The van der Waals surface area contributed by atoms with Gasteiger partial charge in [-0.2, -0.15) is 0 Å². The normalized spacial score (nSPS) is 15.0. The van der Waals surface area contributed by atoms with Crippen LogP contribution in [0.15, 0.2) is 36.5 Å². The third-order valence-electron chi connectivity index (χ3n) is 5.70. The zero-order valence-electron chi connectivity index (χ0n) is 17.5. The number of piperidine rings is 1. The molecule has 0 atom stereocenters. The van der Waals surface area contributed by atoms with Crippen molar-refractivity contribution in [3.8, 4) is 5.75 Å². The van der Waals surface area contributed by atoms with E-state index in [0.717, 1.165) is 60.0 Å². The first-order valence-corrected chi connectivity index (χ1v) is 10.8. The number of ether oxygens (including phenoxy) is 1. The zero-order chi connectivity index (χ0) is 20.1. The number of anilines is 2. The van der Waals surface area contributed by atoms with Crippen molar-refractivity contribution in [3.05, 3.63) is 42.2 Å². The highest BCUT2D eigenvalue weighted by Crippen LogP contribution is 2.25. The second kappa shape index (κ2) is 9.27. The maximum atomic E-state index is 5.27. The molecule has 0 bridgehead atoms. The molecular formula is C23H31N5O. The highest BCUT2D eigenvalue weighted by molar-refractivity contribution is 5.79. The Balaban J connectivity index is 1.56. The Morgan fingerprint density at radius 3 is 2.59 bits per heavy atom. The van der Waals surface area contributed by atoms with Crippen LogP contribution in [0.4, 0.5) is 11.6 Å². The molecule has 0 aliphatic carbocycles. The molecule has 3 aromatic rings. The number of nitrogens with zero attached hydrogens (tertiary/aromatic N) is 4. The number of nitrogens with one attached hydrogen (secondary N) is 1. The third-order valence-corrected chi connectivity index (χ3v) is 5.70. The molecule has 0 spiro atoms. The van der Waals surface area contributed by atoms with Gasteiger partial charge in [-0.3, -0.25) is 4.98 Å². The second-order valence-electron chi connectivity index (χ2n) is 7.71. The summed E-state index contributed by atoms with van der Waals surface area (Å²) in [4.78, 5) is 12.0. The smallest absolute Gasteiger partial charge is 0.208 e. The van der Waals surface area contributed by atoms with Crippen LogP contribution >= 0.6 is 0 Å². The number of methoxy groups -OCH3 is 1. The third kappa shape index (κ3) is 4.70. The lowest BCUT2D eigenvalue weighted by Gasteiger charge is -2.26. The lowest BCUT2D eigenvalue weighted by molar-refractivity contribution is 0.223. The Morgan fingerprint density at radius 1 is 1.07 bits per heavy atom. The van der Waals surface area contributed by atoms with Crippen LogP contribution in [0, 0.1) is 0 Å². The minimum atomic E-state index is 0.849. The number of aromatic nitrogens is 3. The summed E-state index contributed by atoms with van der Waals surface area (Å²) in [5, 5.41) is 3.49. The Kier molecular flexibility index (Phi) is 6.30. The number of fused-ring (bicyclic) bond motifs is 1. The van der Waals surface area contributed by atoms with Crippen LogP contribution in [-0.2, 0) is 13.0 Å².